The number of carbonyl (C=O) groups excluding carboxylic acids is 1. The summed E-state index contributed by atoms with van der Waals surface area (Å²) < 4.78 is 0. The standard InChI is InChI=1S/C20H20N2O2S/c21-15-20(17-4-2-1-3-5-17)8-10-22(11-9-20)19(24)7-6-18-12-16(13-23)14-25-18/h1-7,12,14,23H,8-11,13H2. The molecule has 0 atom stereocenters. The van der Waals surface area contributed by atoms with Crippen molar-refractivity contribution in [2.75, 3.05) is 13.1 Å². The maximum absolute atomic E-state index is 12.4. The van der Waals surface area contributed by atoms with Crippen molar-refractivity contribution in [3.05, 3.63) is 63.9 Å². The van der Waals surface area contributed by atoms with Crippen LogP contribution in [0.3, 0.4) is 0 Å². The molecule has 2 aromatic rings. The Morgan fingerprint density at radius 2 is 2.04 bits per heavy atom. The van der Waals surface area contributed by atoms with E-state index in [1.807, 2.05) is 41.8 Å². The fourth-order valence-electron chi connectivity index (χ4n) is 3.15. The number of thiophene rings is 1. The Labute approximate surface area is 151 Å². The lowest BCUT2D eigenvalue weighted by Crippen LogP contribution is -2.44. The van der Waals surface area contributed by atoms with Crippen LogP contribution >= 0.6 is 11.3 Å². The van der Waals surface area contributed by atoms with Crippen LogP contribution in [0.25, 0.3) is 6.08 Å². The van der Waals surface area contributed by atoms with Crippen molar-refractivity contribution in [3.8, 4) is 6.07 Å². The Kier molecular flexibility index (Phi) is 5.32. The van der Waals surface area contributed by atoms with E-state index in [9.17, 15) is 10.1 Å². The summed E-state index contributed by atoms with van der Waals surface area (Å²) >= 11 is 1.50. The van der Waals surface area contributed by atoms with Crippen LogP contribution in [0.15, 0.2) is 47.9 Å². The van der Waals surface area contributed by atoms with Crippen molar-refractivity contribution in [2.45, 2.75) is 24.9 Å². The van der Waals surface area contributed by atoms with Crippen LogP contribution in [0, 0.1) is 11.3 Å². The van der Waals surface area contributed by atoms with Gasteiger partial charge in [0.25, 0.3) is 0 Å². The molecule has 0 saturated carbocycles. The van der Waals surface area contributed by atoms with E-state index in [2.05, 4.69) is 6.07 Å². The van der Waals surface area contributed by atoms with Gasteiger partial charge in [-0.2, -0.15) is 5.26 Å². The maximum Gasteiger partial charge on any atom is 0.246 e. The molecule has 25 heavy (non-hydrogen) atoms. The van der Waals surface area contributed by atoms with Crippen molar-refractivity contribution in [1.29, 1.82) is 5.26 Å². The van der Waals surface area contributed by atoms with Crippen LogP contribution in [0.2, 0.25) is 0 Å². The van der Waals surface area contributed by atoms with E-state index in [1.54, 1.807) is 17.1 Å². The van der Waals surface area contributed by atoms with Gasteiger partial charge in [0.15, 0.2) is 0 Å². The molecule has 1 aromatic carbocycles. The predicted molar refractivity (Wildman–Crippen MR) is 98.8 cm³/mol. The van der Waals surface area contributed by atoms with Crippen LogP contribution in [0.1, 0.15) is 28.8 Å². The molecule has 128 valence electrons. The summed E-state index contributed by atoms with van der Waals surface area (Å²) in [5.74, 6) is -0.0291. The zero-order chi connectivity index (χ0) is 17.7. The summed E-state index contributed by atoms with van der Waals surface area (Å²) in [6.07, 6.45) is 4.67. The van der Waals surface area contributed by atoms with Crippen LogP contribution in [-0.2, 0) is 16.8 Å². The average Bonchev–Trinajstić information content (AvgIpc) is 3.15. The summed E-state index contributed by atoms with van der Waals surface area (Å²) in [6.45, 7) is 1.18. The average molecular weight is 352 g/mol. The highest BCUT2D eigenvalue weighted by molar-refractivity contribution is 7.11. The Hall–Kier alpha value is -2.42. The highest BCUT2D eigenvalue weighted by atomic mass is 32.1. The molecule has 1 N–H and O–H groups in total. The van der Waals surface area contributed by atoms with Gasteiger partial charge in [-0.05, 0) is 41.5 Å². The van der Waals surface area contributed by atoms with Crippen LogP contribution < -0.4 is 0 Å². The number of aliphatic hydroxyl groups is 1. The summed E-state index contributed by atoms with van der Waals surface area (Å²) in [5.41, 5.74) is 1.40. The van der Waals surface area contributed by atoms with Crippen molar-refractivity contribution in [2.24, 2.45) is 0 Å². The highest BCUT2D eigenvalue weighted by Gasteiger charge is 2.37. The lowest BCUT2D eigenvalue weighted by molar-refractivity contribution is -0.127. The monoisotopic (exact) mass is 352 g/mol. The third kappa shape index (κ3) is 3.81. The van der Waals surface area contributed by atoms with Gasteiger partial charge in [-0.25, -0.2) is 0 Å². The largest absolute Gasteiger partial charge is 0.392 e. The number of amides is 1. The second kappa shape index (κ2) is 7.64. The van der Waals surface area contributed by atoms with Gasteiger partial charge in [0.2, 0.25) is 5.91 Å². The number of benzene rings is 1. The Balaban J connectivity index is 1.63. The number of rotatable bonds is 4. The van der Waals surface area contributed by atoms with E-state index < -0.39 is 5.41 Å². The first kappa shape index (κ1) is 17.4. The summed E-state index contributed by atoms with van der Waals surface area (Å²) in [7, 11) is 0. The van der Waals surface area contributed by atoms with E-state index in [0.29, 0.717) is 25.9 Å². The third-order valence-corrected chi connectivity index (χ3v) is 5.66. The number of nitriles is 1. The molecule has 0 spiro atoms. The molecular formula is C20H20N2O2S. The van der Waals surface area contributed by atoms with Crippen LogP contribution in [0.4, 0.5) is 0 Å². The van der Waals surface area contributed by atoms with E-state index in [4.69, 9.17) is 5.11 Å². The van der Waals surface area contributed by atoms with Gasteiger partial charge in [0.1, 0.15) is 0 Å². The van der Waals surface area contributed by atoms with Gasteiger partial charge in [-0.15, -0.1) is 11.3 Å². The molecule has 2 heterocycles. The number of likely N-dealkylation sites (tertiary alicyclic amines) is 1. The topological polar surface area (TPSA) is 64.3 Å². The maximum atomic E-state index is 12.4. The molecule has 1 aliphatic heterocycles. The summed E-state index contributed by atoms with van der Waals surface area (Å²) in [4.78, 5) is 15.1. The molecule has 1 aromatic heterocycles. The molecule has 1 amide bonds. The minimum absolute atomic E-state index is 0.0140. The van der Waals surface area contributed by atoms with Crippen molar-refractivity contribution >= 4 is 23.3 Å². The first-order chi connectivity index (χ1) is 12.2. The van der Waals surface area contributed by atoms with E-state index in [-0.39, 0.29) is 12.5 Å². The zero-order valence-electron chi connectivity index (χ0n) is 13.9. The number of hydrogen-bond acceptors (Lipinski definition) is 4. The molecule has 0 unspecified atom stereocenters. The molecule has 1 fully saturated rings. The van der Waals surface area contributed by atoms with Gasteiger partial charge < -0.3 is 10.0 Å². The molecule has 5 heteroatoms. The van der Waals surface area contributed by atoms with Gasteiger partial charge in [-0.1, -0.05) is 30.3 Å². The molecule has 1 aliphatic rings. The first-order valence-electron chi connectivity index (χ1n) is 8.29. The third-order valence-electron chi connectivity index (χ3n) is 4.72. The summed E-state index contributed by atoms with van der Waals surface area (Å²) in [6, 6.07) is 14.2. The van der Waals surface area contributed by atoms with Gasteiger partial charge in [0.05, 0.1) is 18.1 Å². The van der Waals surface area contributed by atoms with E-state index in [1.165, 1.54) is 11.3 Å². The number of aliphatic hydroxyl groups excluding tert-OH is 1. The lowest BCUT2D eigenvalue weighted by Gasteiger charge is -2.37. The first-order valence-corrected chi connectivity index (χ1v) is 9.17. The SMILES string of the molecule is N#CC1(c2ccccc2)CCN(C(=O)C=Cc2cc(CO)cs2)CC1. The predicted octanol–water partition coefficient (Wildman–Crippen LogP) is 3.34. The molecule has 0 bridgehead atoms. The van der Waals surface area contributed by atoms with Crippen molar-refractivity contribution in [1.82, 2.24) is 4.90 Å². The normalized spacial score (nSPS) is 16.7. The molecule has 1 saturated heterocycles. The molecule has 3 rings (SSSR count). The van der Waals surface area contributed by atoms with Gasteiger partial charge >= 0.3 is 0 Å². The van der Waals surface area contributed by atoms with Gasteiger partial charge in [0, 0.05) is 24.0 Å². The fraction of sp³-hybridized carbons (Fsp3) is 0.300. The fourth-order valence-corrected chi connectivity index (χ4v) is 3.95. The van der Waals surface area contributed by atoms with E-state index in [0.717, 1.165) is 16.0 Å². The zero-order valence-corrected chi connectivity index (χ0v) is 14.7. The Morgan fingerprint density at radius 3 is 2.64 bits per heavy atom. The Morgan fingerprint density at radius 1 is 1.32 bits per heavy atom. The minimum atomic E-state index is -0.495. The molecule has 4 nitrogen and oxygen atoms in total. The smallest absolute Gasteiger partial charge is 0.246 e. The summed E-state index contributed by atoms with van der Waals surface area (Å²) in [5, 5.41) is 20.7. The second-order valence-corrected chi connectivity index (χ2v) is 7.18. The van der Waals surface area contributed by atoms with Crippen molar-refractivity contribution in [3.63, 3.8) is 0 Å². The Bertz CT molecular complexity index is 797. The highest BCUT2D eigenvalue weighted by Crippen LogP contribution is 2.34. The van der Waals surface area contributed by atoms with E-state index >= 15 is 0 Å². The molecule has 0 aliphatic carbocycles. The molecular weight excluding hydrogens is 332 g/mol. The van der Waals surface area contributed by atoms with Crippen LogP contribution in [0.5, 0.6) is 0 Å². The molecule has 0 radical (unpaired) electrons. The second-order valence-electron chi connectivity index (χ2n) is 6.23. The number of nitrogens with zero attached hydrogens (tertiary/aromatic N) is 2. The van der Waals surface area contributed by atoms with Crippen LogP contribution in [-0.4, -0.2) is 29.0 Å². The number of hydrogen-bond donors (Lipinski definition) is 1. The lowest BCUT2D eigenvalue weighted by atomic mass is 9.74. The quantitative estimate of drug-likeness (QED) is 0.859. The number of carbonyl (C=O) groups is 1. The van der Waals surface area contributed by atoms with Crippen molar-refractivity contribution < 1.29 is 9.90 Å². The number of piperidine rings is 1. The van der Waals surface area contributed by atoms with Gasteiger partial charge in [-0.3, -0.25) is 4.79 Å². The minimum Gasteiger partial charge on any atom is -0.392 e.